The van der Waals surface area contributed by atoms with Crippen LogP contribution in [0.2, 0.25) is 0 Å². The summed E-state index contributed by atoms with van der Waals surface area (Å²) in [6, 6.07) is 0. The van der Waals surface area contributed by atoms with E-state index in [2.05, 4.69) is 13.8 Å². The number of fused-ring (bicyclic) bond motifs is 1. The van der Waals surface area contributed by atoms with E-state index >= 15 is 0 Å². The van der Waals surface area contributed by atoms with Crippen LogP contribution in [0.4, 0.5) is 0 Å². The summed E-state index contributed by atoms with van der Waals surface area (Å²) in [5.74, 6) is 7.42. The van der Waals surface area contributed by atoms with Crippen molar-refractivity contribution >= 4 is 0 Å². The third-order valence-corrected chi connectivity index (χ3v) is 14.1. The molecule has 0 N–H and O–H groups in total. The van der Waals surface area contributed by atoms with Gasteiger partial charge in [0.2, 0.25) is 0 Å². The fourth-order valence-electron chi connectivity index (χ4n) is 8.52. The summed E-state index contributed by atoms with van der Waals surface area (Å²) in [5.41, 5.74) is 0.888. The van der Waals surface area contributed by atoms with Gasteiger partial charge in [-0.1, -0.05) is 0 Å². The molecule has 7 rings (SSSR count). The first-order valence-electron chi connectivity index (χ1n) is 7.29. The maximum atomic E-state index is 2.78. The Labute approximate surface area is 108 Å². The quantitative estimate of drug-likeness (QED) is 0.431. The average Bonchev–Trinajstić information content (AvgIpc) is 2.95. The summed E-state index contributed by atoms with van der Waals surface area (Å²) in [7, 11) is 0. The molecule has 2 aliphatic heterocycles. The molecule has 1 spiro atoms. The van der Waals surface area contributed by atoms with Gasteiger partial charge < -0.3 is 0 Å². The van der Waals surface area contributed by atoms with Crippen LogP contribution in [0, 0.1) is 40.9 Å². The van der Waals surface area contributed by atoms with Crippen molar-refractivity contribution in [1.29, 1.82) is 0 Å². The maximum absolute atomic E-state index is 2.78. The van der Waals surface area contributed by atoms with Gasteiger partial charge in [-0.3, -0.25) is 0 Å². The number of hydrogen-bond acceptors (Lipinski definition) is 0. The second-order valence-electron chi connectivity index (χ2n) is 8.12. The molecule has 0 amide bonds. The minimum atomic E-state index is 0.519. The zero-order valence-corrected chi connectivity index (χ0v) is 12.3. The molecule has 5 saturated carbocycles. The molecule has 0 nitrogen and oxygen atoms in total. The Bertz CT molecular complexity index is 407. The summed E-state index contributed by atoms with van der Waals surface area (Å²) >= 11 is 0.519. The van der Waals surface area contributed by atoms with Crippen molar-refractivity contribution < 1.29 is 21.2 Å². The number of halogens is 1. The summed E-state index contributed by atoms with van der Waals surface area (Å²) in [4.78, 5) is 0. The van der Waals surface area contributed by atoms with Crippen LogP contribution in [-0.4, -0.2) is 6.84 Å². The van der Waals surface area contributed by atoms with Gasteiger partial charge in [-0.2, -0.15) is 0 Å². The Hall–Kier alpha value is 0.730. The molecule has 0 aromatic carbocycles. The van der Waals surface area contributed by atoms with Crippen LogP contribution >= 0.6 is 0 Å². The summed E-state index contributed by atoms with van der Waals surface area (Å²) < 4.78 is 1.91. The van der Waals surface area contributed by atoms with E-state index in [0.29, 0.717) is 21.2 Å². The predicted octanol–water partition coefficient (Wildman–Crippen LogP) is -0.0816. The molecule has 7 bridgehead atoms. The van der Waals surface area contributed by atoms with E-state index in [-0.39, 0.29) is 0 Å². The molecule has 1 heteroatoms. The van der Waals surface area contributed by atoms with Gasteiger partial charge in [0.25, 0.3) is 0 Å². The first-order chi connectivity index (χ1) is 7.62. The molecule has 7 fully saturated rings. The van der Waals surface area contributed by atoms with Gasteiger partial charge in [0.1, 0.15) is 0 Å². The topological polar surface area (TPSA) is 0 Å². The average molecular weight is 327 g/mol. The van der Waals surface area contributed by atoms with Crippen LogP contribution in [0.1, 0.15) is 39.5 Å². The Morgan fingerprint density at radius 3 is 2.00 bits per heavy atom. The van der Waals surface area contributed by atoms with E-state index in [1.165, 1.54) is 35.5 Å². The van der Waals surface area contributed by atoms with Gasteiger partial charge in [0.15, 0.2) is 0 Å². The van der Waals surface area contributed by atoms with Crippen LogP contribution in [0.25, 0.3) is 0 Å². The molecule has 5 aliphatic carbocycles. The fraction of sp³-hybridized carbons (Fsp3) is 1.00. The van der Waals surface area contributed by atoms with Gasteiger partial charge in [-0.25, -0.2) is 0 Å². The second-order valence-corrected chi connectivity index (χ2v) is 13.1. The van der Waals surface area contributed by atoms with Crippen molar-refractivity contribution in [2.45, 2.75) is 46.4 Å². The van der Waals surface area contributed by atoms with Crippen molar-refractivity contribution in [3.8, 4) is 0 Å². The molecular formula is C15H20I-. The van der Waals surface area contributed by atoms with Gasteiger partial charge in [-0.05, 0) is 0 Å². The van der Waals surface area contributed by atoms with Gasteiger partial charge in [0, 0.05) is 0 Å². The van der Waals surface area contributed by atoms with E-state index in [1.54, 1.807) is 25.7 Å². The van der Waals surface area contributed by atoms with Crippen molar-refractivity contribution in [3.63, 3.8) is 0 Å². The monoisotopic (exact) mass is 327 g/mol. The number of hydrogen-bond donors (Lipinski definition) is 0. The van der Waals surface area contributed by atoms with E-state index in [9.17, 15) is 0 Å². The van der Waals surface area contributed by atoms with Crippen molar-refractivity contribution in [1.82, 2.24) is 0 Å². The third kappa shape index (κ3) is 0.497. The van der Waals surface area contributed by atoms with E-state index in [1.807, 2.05) is 0 Å². The van der Waals surface area contributed by atoms with Crippen LogP contribution in [0.5, 0.6) is 0 Å². The number of alkyl halides is 2. The Morgan fingerprint density at radius 1 is 0.875 bits per heavy atom. The van der Waals surface area contributed by atoms with Crippen molar-refractivity contribution in [3.05, 3.63) is 0 Å². The molecule has 0 radical (unpaired) electrons. The fourth-order valence-corrected chi connectivity index (χ4v) is 15.5. The number of rotatable bonds is 0. The van der Waals surface area contributed by atoms with Crippen LogP contribution in [0.3, 0.4) is 0 Å². The van der Waals surface area contributed by atoms with Crippen molar-refractivity contribution in [2.75, 3.05) is 0 Å². The third-order valence-electron chi connectivity index (χ3n) is 8.21. The molecule has 2 heterocycles. The predicted molar refractivity (Wildman–Crippen MR) is 58.7 cm³/mol. The van der Waals surface area contributed by atoms with Crippen LogP contribution in [0.15, 0.2) is 0 Å². The van der Waals surface area contributed by atoms with Gasteiger partial charge >= 0.3 is 109 Å². The molecule has 6 atom stereocenters. The van der Waals surface area contributed by atoms with Crippen LogP contribution < -0.4 is 21.2 Å². The summed E-state index contributed by atoms with van der Waals surface area (Å²) in [6.45, 7) is 5.45. The standard InChI is InChI=1S/C15H20I/c1-13-5-9-11-7-3-4-8-12(11)10(6-13)15(9,16-13)14(7,8)2/h7-12H,3-6H2,1-2H3/q-1. The molecule has 0 aromatic rings. The van der Waals surface area contributed by atoms with E-state index < -0.39 is 0 Å². The minimum absolute atomic E-state index is 0.519. The van der Waals surface area contributed by atoms with Gasteiger partial charge in [0.05, 0.1) is 0 Å². The van der Waals surface area contributed by atoms with Crippen molar-refractivity contribution in [2.24, 2.45) is 40.9 Å². The van der Waals surface area contributed by atoms with E-state index in [4.69, 9.17) is 0 Å². The molecule has 16 heavy (non-hydrogen) atoms. The zero-order chi connectivity index (χ0) is 10.5. The van der Waals surface area contributed by atoms with E-state index in [0.717, 1.165) is 12.3 Å². The Kier molecular flexibility index (Phi) is 1.07. The summed E-state index contributed by atoms with van der Waals surface area (Å²) in [6.07, 6.45) is 6.62. The Morgan fingerprint density at radius 2 is 1.44 bits per heavy atom. The second kappa shape index (κ2) is 1.96. The molecule has 6 unspecified atom stereocenters. The first-order valence-corrected chi connectivity index (χ1v) is 9.45. The van der Waals surface area contributed by atoms with Gasteiger partial charge in [-0.15, -0.1) is 0 Å². The van der Waals surface area contributed by atoms with Crippen LogP contribution in [-0.2, 0) is 0 Å². The first kappa shape index (κ1) is 8.77. The zero-order valence-electron chi connectivity index (χ0n) is 10.2. The summed E-state index contributed by atoms with van der Waals surface area (Å²) in [5, 5.41) is 0. The molecule has 88 valence electrons. The normalized spacial score (nSPS) is 84.9. The molecule has 7 aliphatic rings. The Balaban J connectivity index is 1.73. The molecule has 2 saturated heterocycles. The molecule has 0 aromatic heterocycles. The molecular weight excluding hydrogens is 307 g/mol. The SMILES string of the molecule is CC12CC3C4C5C6CCC4C6(C)C3([I-]1)C5C2.